The molecule has 0 aromatic heterocycles. The molecule has 0 bridgehead atoms. The second kappa shape index (κ2) is 10.5. The van der Waals surface area contributed by atoms with Crippen LogP contribution in [0.3, 0.4) is 0 Å². The zero-order chi connectivity index (χ0) is 22.3. The maximum Gasteiger partial charge on any atom is 0.407 e. The van der Waals surface area contributed by atoms with Gasteiger partial charge in [-0.15, -0.1) is 0 Å². The van der Waals surface area contributed by atoms with Crippen molar-refractivity contribution in [3.05, 3.63) is 29.8 Å². The van der Waals surface area contributed by atoms with E-state index in [1.807, 2.05) is 32.9 Å². The fraction of sp³-hybridized carbons (Fsp3) is 0.636. The van der Waals surface area contributed by atoms with E-state index < -0.39 is 5.60 Å². The third-order valence-corrected chi connectivity index (χ3v) is 4.98. The van der Waals surface area contributed by atoms with Crippen molar-refractivity contribution in [2.24, 2.45) is 4.99 Å². The highest BCUT2D eigenvalue weighted by Crippen LogP contribution is 2.22. The number of nitrogens with zero attached hydrogens (tertiary/aromatic N) is 3. The Balaban J connectivity index is 1.94. The van der Waals surface area contributed by atoms with Crippen LogP contribution in [0.5, 0.6) is 5.75 Å². The van der Waals surface area contributed by atoms with E-state index in [-0.39, 0.29) is 18.2 Å². The SMILES string of the molecule is CN=C(NCC(c1cccc(OC)c1)N(C)C)N1CCC(NC(=O)OC(C)(C)C)C1. The Morgan fingerprint density at radius 2 is 2.10 bits per heavy atom. The molecule has 8 heteroatoms. The number of guanidine groups is 1. The summed E-state index contributed by atoms with van der Waals surface area (Å²) in [6.07, 6.45) is 0.482. The number of hydrogen-bond acceptors (Lipinski definition) is 5. The largest absolute Gasteiger partial charge is 0.497 e. The van der Waals surface area contributed by atoms with Gasteiger partial charge >= 0.3 is 6.09 Å². The number of nitrogens with one attached hydrogen (secondary N) is 2. The average molecular weight is 420 g/mol. The first-order valence-electron chi connectivity index (χ1n) is 10.4. The first kappa shape index (κ1) is 23.8. The Hall–Kier alpha value is -2.48. The molecule has 2 N–H and O–H groups in total. The number of benzene rings is 1. The van der Waals surface area contributed by atoms with Crippen LogP contribution >= 0.6 is 0 Å². The Morgan fingerprint density at radius 1 is 1.37 bits per heavy atom. The third kappa shape index (κ3) is 7.09. The van der Waals surface area contributed by atoms with Crippen LogP contribution in [-0.2, 0) is 4.74 Å². The molecule has 0 radical (unpaired) electrons. The zero-order valence-electron chi connectivity index (χ0n) is 19.4. The molecule has 168 valence electrons. The third-order valence-electron chi connectivity index (χ3n) is 4.98. The summed E-state index contributed by atoms with van der Waals surface area (Å²) in [6, 6.07) is 8.33. The Kier molecular flexibility index (Phi) is 8.34. The first-order valence-corrected chi connectivity index (χ1v) is 10.4. The van der Waals surface area contributed by atoms with E-state index in [0.29, 0.717) is 13.1 Å². The van der Waals surface area contributed by atoms with E-state index in [0.717, 1.165) is 24.7 Å². The maximum atomic E-state index is 12.0. The number of likely N-dealkylation sites (tertiary alicyclic amines) is 1. The molecule has 0 spiro atoms. The van der Waals surface area contributed by atoms with Crippen molar-refractivity contribution in [3.63, 3.8) is 0 Å². The lowest BCUT2D eigenvalue weighted by Crippen LogP contribution is -2.45. The lowest BCUT2D eigenvalue weighted by atomic mass is 10.1. The number of aliphatic imine (C=N–C) groups is 1. The van der Waals surface area contributed by atoms with Crippen LogP contribution in [0.1, 0.15) is 38.8 Å². The molecule has 30 heavy (non-hydrogen) atoms. The van der Waals surface area contributed by atoms with Gasteiger partial charge in [-0.1, -0.05) is 12.1 Å². The normalized spacial score (nSPS) is 18.3. The van der Waals surface area contributed by atoms with Gasteiger partial charge < -0.3 is 29.9 Å². The summed E-state index contributed by atoms with van der Waals surface area (Å²) in [5, 5.41) is 6.45. The highest BCUT2D eigenvalue weighted by Gasteiger charge is 2.28. The van der Waals surface area contributed by atoms with E-state index in [4.69, 9.17) is 9.47 Å². The molecule has 1 fully saturated rings. The van der Waals surface area contributed by atoms with E-state index in [9.17, 15) is 4.79 Å². The summed E-state index contributed by atoms with van der Waals surface area (Å²) >= 11 is 0. The van der Waals surface area contributed by atoms with Crippen LogP contribution in [0.2, 0.25) is 0 Å². The van der Waals surface area contributed by atoms with Crippen molar-refractivity contribution >= 4 is 12.1 Å². The lowest BCUT2D eigenvalue weighted by molar-refractivity contribution is 0.0507. The minimum atomic E-state index is -0.499. The van der Waals surface area contributed by atoms with E-state index >= 15 is 0 Å². The molecular weight excluding hydrogens is 382 g/mol. The molecule has 1 amide bonds. The summed E-state index contributed by atoms with van der Waals surface area (Å²) in [7, 11) is 7.59. The summed E-state index contributed by atoms with van der Waals surface area (Å²) in [5.41, 5.74) is 0.676. The fourth-order valence-electron chi connectivity index (χ4n) is 3.51. The van der Waals surface area contributed by atoms with E-state index in [2.05, 4.69) is 51.7 Å². The topological polar surface area (TPSA) is 78.4 Å². The van der Waals surface area contributed by atoms with Crippen LogP contribution in [0.15, 0.2) is 29.3 Å². The number of methoxy groups -OCH3 is 1. The molecule has 2 rings (SSSR count). The van der Waals surface area contributed by atoms with Gasteiger partial charge in [-0.3, -0.25) is 4.99 Å². The van der Waals surface area contributed by atoms with Crippen LogP contribution in [-0.4, -0.2) is 81.4 Å². The van der Waals surface area contributed by atoms with Gasteiger partial charge in [0.2, 0.25) is 0 Å². The number of alkyl carbamates (subject to hydrolysis) is 1. The molecule has 2 unspecified atom stereocenters. The number of rotatable bonds is 6. The molecule has 1 aliphatic heterocycles. The van der Waals surface area contributed by atoms with Gasteiger partial charge in [0.05, 0.1) is 19.2 Å². The number of ether oxygens (including phenoxy) is 2. The molecule has 1 aromatic carbocycles. The second-order valence-electron chi connectivity index (χ2n) is 8.76. The predicted molar refractivity (Wildman–Crippen MR) is 120 cm³/mol. The van der Waals surface area contributed by atoms with Gasteiger partial charge in [0.1, 0.15) is 11.4 Å². The average Bonchev–Trinajstić information content (AvgIpc) is 3.11. The van der Waals surface area contributed by atoms with Crippen LogP contribution in [0.25, 0.3) is 0 Å². The van der Waals surface area contributed by atoms with E-state index in [1.54, 1.807) is 14.2 Å². The molecule has 1 aliphatic rings. The second-order valence-corrected chi connectivity index (χ2v) is 8.76. The first-order chi connectivity index (χ1) is 14.1. The molecule has 1 aromatic rings. The van der Waals surface area contributed by atoms with Crippen molar-refractivity contribution in [2.45, 2.75) is 44.9 Å². The number of amides is 1. The Labute approximate surface area is 180 Å². The summed E-state index contributed by atoms with van der Waals surface area (Å²) in [6.45, 7) is 7.82. The number of carbonyl (C=O) groups is 1. The highest BCUT2D eigenvalue weighted by molar-refractivity contribution is 5.80. The van der Waals surface area contributed by atoms with E-state index in [1.165, 1.54) is 5.56 Å². The van der Waals surface area contributed by atoms with Gasteiger partial charge in [-0.25, -0.2) is 4.79 Å². The smallest absolute Gasteiger partial charge is 0.407 e. The molecule has 1 saturated heterocycles. The Morgan fingerprint density at radius 3 is 2.70 bits per heavy atom. The van der Waals surface area contributed by atoms with Crippen molar-refractivity contribution in [1.29, 1.82) is 0 Å². The Bertz CT molecular complexity index is 730. The summed E-state index contributed by atoms with van der Waals surface area (Å²) in [4.78, 5) is 20.8. The van der Waals surface area contributed by atoms with Gasteiger partial charge in [0.25, 0.3) is 0 Å². The number of hydrogen-bond donors (Lipinski definition) is 2. The standard InChI is InChI=1S/C22H37N5O3/c1-22(2,3)30-21(28)25-17-11-12-27(15-17)20(23-4)24-14-19(26(5)6)16-9-8-10-18(13-16)29-7/h8-10,13,17,19H,11-12,14-15H2,1-7H3,(H,23,24)(H,25,28). The molecule has 0 aliphatic carbocycles. The number of carbonyl (C=O) groups excluding carboxylic acids is 1. The van der Waals surface area contributed by atoms with Crippen molar-refractivity contribution in [3.8, 4) is 5.75 Å². The van der Waals surface area contributed by atoms with Crippen molar-refractivity contribution in [2.75, 3.05) is 47.9 Å². The van der Waals surface area contributed by atoms with Crippen LogP contribution in [0.4, 0.5) is 4.79 Å². The molecular formula is C22H37N5O3. The van der Waals surface area contributed by atoms with Gasteiger partial charge in [0.15, 0.2) is 5.96 Å². The van der Waals surface area contributed by atoms with Crippen molar-refractivity contribution in [1.82, 2.24) is 20.4 Å². The zero-order valence-corrected chi connectivity index (χ0v) is 19.4. The van der Waals surface area contributed by atoms with Gasteiger partial charge in [-0.2, -0.15) is 0 Å². The monoisotopic (exact) mass is 419 g/mol. The number of likely N-dealkylation sites (N-methyl/N-ethyl adjacent to an activating group) is 1. The quantitative estimate of drug-likeness (QED) is 0.545. The van der Waals surface area contributed by atoms with Crippen molar-refractivity contribution < 1.29 is 14.3 Å². The lowest BCUT2D eigenvalue weighted by Gasteiger charge is -2.28. The summed E-state index contributed by atoms with van der Waals surface area (Å²) in [5.74, 6) is 1.68. The molecule has 1 heterocycles. The fourth-order valence-corrected chi connectivity index (χ4v) is 3.51. The van der Waals surface area contributed by atoms with Gasteiger partial charge in [0, 0.05) is 26.7 Å². The molecule has 2 atom stereocenters. The molecule has 8 nitrogen and oxygen atoms in total. The maximum absolute atomic E-state index is 12.0. The minimum Gasteiger partial charge on any atom is -0.497 e. The van der Waals surface area contributed by atoms with Crippen LogP contribution < -0.4 is 15.4 Å². The van der Waals surface area contributed by atoms with Gasteiger partial charge in [-0.05, 0) is 59.0 Å². The molecule has 0 saturated carbocycles. The van der Waals surface area contributed by atoms with Crippen LogP contribution in [0, 0.1) is 0 Å². The summed E-state index contributed by atoms with van der Waals surface area (Å²) < 4.78 is 10.7. The predicted octanol–water partition coefficient (Wildman–Crippen LogP) is 2.47. The minimum absolute atomic E-state index is 0.0430. The highest BCUT2D eigenvalue weighted by atomic mass is 16.6.